The van der Waals surface area contributed by atoms with Crippen molar-refractivity contribution in [2.45, 2.75) is 55.4 Å². The number of hydrogen-bond acceptors (Lipinski definition) is 5. The van der Waals surface area contributed by atoms with Crippen LogP contribution in [0.25, 0.3) is 11.0 Å². The molecule has 30 heavy (non-hydrogen) atoms. The van der Waals surface area contributed by atoms with Gasteiger partial charge in [-0.15, -0.1) is 0 Å². The molecule has 7 heteroatoms. The van der Waals surface area contributed by atoms with Crippen LogP contribution in [0, 0.1) is 11.7 Å². The fourth-order valence-electron chi connectivity index (χ4n) is 3.84. The monoisotopic (exact) mass is 429 g/mol. The lowest BCUT2D eigenvalue weighted by molar-refractivity contribution is 0.0611. The number of fused-ring (bicyclic) bond motifs is 1. The Morgan fingerprint density at radius 2 is 2.00 bits per heavy atom. The van der Waals surface area contributed by atoms with Gasteiger partial charge in [-0.1, -0.05) is 32.5 Å². The Morgan fingerprint density at radius 1 is 1.23 bits per heavy atom. The number of nitrogens with zero attached hydrogens (tertiary/aromatic N) is 3. The highest BCUT2D eigenvalue weighted by Gasteiger charge is 2.25. The molecule has 0 amide bonds. The van der Waals surface area contributed by atoms with E-state index in [-0.39, 0.29) is 11.2 Å². The van der Waals surface area contributed by atoms with Crippen molar-refractivity contribution in [1.29, 1.82) is 0 Å². The molecule has 0 atom stereocenters. The van der Waals surface area contributed by atoms with Crippen molar-refractivity contribution in [3.8, 4) is 5.88 Å². The van der Waals surface area contributed by atoms with Gasteiger partial charge in [0.2, 0.25) is 5.88 Å². The first kappa shape index (κ1) is 21.1. The summed E-state index contributed by atoms with van der Waals surface area (Å²) in [6, 6.07) is 7.81. The summed E-state index contributed by atoms with van der Waals surface area (Å²) in [5.74, 6) is 1.73. The molecular formula is C23H28FN3O2S. The van der Waals surface area contributed by atoms with E-state index in [0.29, 0.717) is 16.7 Å². The second-order valence-electron chi connectivity index (χ2n) is 8.76. The van der Waals surface area contributed by atoms with Gasteiger partial charge in [-0.25, -0.2) is 14.4 Å². The molecule has 0 aliphatic carbocycles. The first-order valence-electron chi connectivity index (χ1n) is 10.3. The topological polar surface area (TPSA) is 49.2 Å². The maximum atomic E-state index is 14.2. The second kappa shape index (κ2) is 8.55. The molecule has 1 aliphatic heterocycles. The highest BCUT2D eigenvalue weighted by atomic mass is 32.2. The predicted molar refractivity (Wildman–Crippen MR) is 117 cm³/mol. The number of ether oxygens (including phenoxy) is 2. The third-order valence-electron chi connectivity index (χ3n) is 5.40. The molecule has 3 heterocycles. The minimum atomic E-state index is -0.360. The lowest BCUT2D eigenvalue weighted by Crippen LogP contribution is -2.25. The standard InChI is InChI=1S/C23H28FN3O2S/c1-23(2,3)22-26-18-11-16(30-20-12-21(28-4)25-13-17(20)24)5-6-19(18)27(22)14-15-7-9-29-10-8-15/h5-6,11-13,15H,7-10,14H2,1-4H3. The number of pyridine rings is 1. The van der Waals surface area contributed by atoms with Crippen molar-refractivity contribution in [1.82, 2.24) is 14.5 Å². The molecule has 0 unspecified atom stereocenters. The number of hydrogen-bond donors (Lipinski definition) is 0. The third-order valence-corrected chi connectivity index (χ3v) is 6.43. The van der Waals surface area contributed by atoms with Gasteiger partial charge in [0.05, 0.1) is 29.2 Å². The zero-order valence-electron chi connectivity index (χ0n) is 17.9. The molecule has 1 aromatic carbocycles. The van der Waals surface area contributed by atoms with Gasteiger partial charge >= 0.3 is 0 Å². The Hall–Kier alpha value is -2.12. The van der Waals surface area contributed by atoms with Crippen molar-refractivity contribution in [2.75, 3.05) is 20.3 Å². The quantitative estimate of drug-likeness (QED) is 0.539. The molecule has 4 rings (SSSR count). The summed E-state index contributed by atoms with van der Waals surface area (Å²) in [6.45, 7) is 9.22. The molecule has 0 bridgehead atoms. The van der Waals surface area contributed by atoms with E-state index < -0.39 is 0 Å². The Balaban J connectivity index is 1.69. The van der Waals surface area contributed by atoms with Crippen LogP contribution in [0.5, 0.6) is 5.88 Å². The SMILES string of the molecule is COc1cc(Sc2ccc3c(c2)nc(C(C)(C)C)n3CC2CCOCC2)c(F)cn1. The van der Waals surface area contributed by atoms with Gasteiger partial charge in [0.1, 0.15) is 5.82 Å². The summed E-state index contributed by atoms with van der Waals surface area (Å²) >= 11 is 1.36. The fourth-order valence-corrected chi connectivity index (χ4v) is 4.71. The Kier molecular flexibility index (Phi) is 6.02. The van der Waals surface area contributed by atoms with Gasteiger partial charge in [0, 0.05) is 36.1 Å². The average molecular weight is 430 g/mol. The fraction of sp³-hybridized carbons (Fsp3) is 0.478. The molecule has 0 spiro atoms. The number of aromatic nitrogens is 3. The number of rotatable bonds is 5. The van der Waals surface area contributed by atoms with E-state index in [1.807, 2.05) is 12.1 Å². The molecular weight excluding hydrogens is 401 g/mol. The number of methoxy groups -OCH3 is 1. The molecule has 1 aliphatic rings. The number of benzene rings is 1. The lowest BCUT2D eigenvalue weighted by Gasteiger charge is -2.26. The first-order valence-corrected chi connectivity index (χ1v) is 11.1. The van der Waals surface area contributed by atoms with Crippen molar-refractivity contribution in [2.24, 2.45) is 5.92 Å². The predicted octanol–water partition coefficient (Wildman–Crippen LogP) is 5.45. The molecule has 0 saturated carbocycles. The van der Waals surface area contributed by atoms with Crippen LogP contribution >= 0.6 is 11.8 Å². The maximum Gasteiger partial charge on any atom is 0.214 e. The van der Waals surface area contributed by atoms with Crippen LogP contribution in [0.1, 0.15) is 39.4 Å². The summed E-state index contributed by atoms with van der Waals surface area (Å²) in [5, 5.41) is 0. The van der Waals surface area contributed by atoms with Gasteiger partial charge in [-0.3, -0.25) is 0 Å². The number of halogens is 1. The molecule has 0 N–H and O–H groups in total. The van der Waals surface area contributed by atoms with Crippen LogP contribution in [-0.4, -0.2) is 34.9 Å². The van der Waals surface area contributed by atoms with Crippen LogP contribution < -0.4 is 4.74 Å². The van der Waals surface area contributed by atoms with Gasteiger partial charge in [-0.2, -0.15) is 0 Å². The minimum absolute atomic E-state index is 0.0674. The molecule has 1 fully saturated rings. The Labute approximate surface area is 181 Å². The van der Waals surface area contributed by atoms with E-state index in [2.05, 4.69) is 36.4 Å². The van der Waals surface area contributed by atoms with E-state index in [4.69, 9.17) is 14.5 Å². The summed E-state index contributed by atoms with van der Waals surface area (Å²) < 4.78 is 27.3. The van der Waals surface area contributed by atoms with E-state index in [1.165, 1.54) is 25.1 Å². The molecule has 160 valence electrons. The van der Waals surface area contributed by atoms with Gasteiger partial charge in [-0.05, 0) is 37.0 Å². The van der Waals surface area contributed by atoms with Crippen LogP contribution in [0.15, 0.2) is 40.3 Å². The molecule has 0 radical (unpaired) electrons. The number of imidazole rings is 1. The summed E-state index contributed by atoms with van der Waals surface area (Å²) in [5.41, 5.74) is 2.00. The van der Waals surface area contributed by atoms with E-state index in [1.54, 1.807) is 6.07 Å². The molecule has 3 aromatic rings. The Bertz CT molecular complexity index is 1040. The van der Waals surface area contributed by atoms with E-state index >= 15 is 0 Å². The maximum absolute atomic E-state index is 14.2. The third kappa shape index (κ3) is 4.47. The normalized spacial score (nSPS) is 15.6. The smallest absolute Gasteiger partial charge is 0.214 e. The highest BCUT2D eigenvalue weighted by Crippen LogP contribution is 2.35. The highest BCUT2D eigenvalue weighted by molar-refractivity contribution is 7.99. The van der Waals surface area contributed by atoms with Gasteiger partial charge < -0.3 is 14.0 Å². The van der Waals surface area contributed by atoms with Crippen molar-refractivity contribution in [3.63, 3.8) is 0 Å². The van der Waals surface area contributed by atoms with Crippen LogP contribution in [-0.2, 0) is 16.7 Å². The summed E-state index contributed by atoms with van der Waals surface area (Å²) in [7, 11) is 1.53. The lowest BCUT2D eigenvalue weighted by atomic mass is 9.94. The zero-order valence-corrected chi connectivity index (χ0v) is 18.8. The van der Waals surface area contributed by atoms with Crippen LogP contribution in [0.3, 0.4) is 0 Å². The van der Waals surface area contributed by atoms with Gasteiger partial charge in [0.15, 0.2) is 5.82 Å². The first-order chi connectivity index (χ1) is 14.3. The van der Waals surface area contributed by atoms with Crippen molar-refractivity contribution >= 4 is 22.8 Å². The Morgan fingerprint density at radius 3 is 2.70 bits per heavy atom. The van der Waals surface area contributed by atoms with Gasteiger partial charge in [0.25, 0.3) is 0 Å². The zero-order chi connectivity index (χ0) is 21.3. The second-order valence-corrected chi connectivity index (χ2v) is 9.88. The van der Waals surface area contributed by atoms with Crippen LogP contribution in [0.2, 0.25) is 0 Å². The van der Waals surface area contributed by atoms with Crippen molar-refractivity contribution in [3.05, 3.63) is 42.1 Å². The van der Waals surface area contributed by atoms with E-state index in [0.717, 1.165) is 54.4 Å². The summed E-state index contributed by atoms with van der Waals surface area (Å²) in [6.07, 6.45) is 3.36. The average Bonchev–Trinajstić information content (AvgIpc) is 3.08. The van der Waals surface area contributed by atoms with E-state index in [9.17, 15) is 4.39 Å². The minimum Gasteiger partial charge on any atom is -0.481 e. The largest absolute Gasteiger partial charge is 0.481 e. The van der Waals surface area contributed by atoms with Crippen molar-refractivity contribution < 1.29 is 13.9 Å². The molecule has 1 saturated heterocycles. The molecule has 2 aromatic heterocycles. The molecule has 5 nitrogen and oxygen atoms in total. The summed E-state index contributed by atoms with van der Waals surface area (Å²) in [4.78, 5) is 10.3. The van der Waals surface area contributed by atoms with Crippen LogP contribution in [0.4, 0.5) is 4.39 Å².